The van der Waals surface area contributed by atoms with Crippen molar-refractivity contribution in [3.8, 4) is 0 Å². The highest BCUT2D eigenvalue weighted by Gasteiger charge is 2.30. The molecule has 7 heteroatoms. The first kappa shape index (κ1) is 11.2. The van der Waals surface area contributed by atoms with Crippen LogP contribution in [-0.2, 0) is 14.4 Å². The summed E-state index contributed by atoms with van der Waals surface area (Å²) >= 11 is 0. The van der Waals surface area contributed by atoms with Gasteiger partial charge in [-0.2, -0.15) is 4.99 Å². The molecule has 1 aliphatic rings. The molecule has 2 amide bonds. The van der Waals surface area contributed by atoms with Crippen LogP contribution in [0.15, 0.2) is 4.99 Å². The van der Waals surface area contributed by atoms with Crippen LogP contribution in [0.4, 0.5) is 0 Å². The number of carboxylic acids is 1. The molecule has 0 saturated carbocycles. The van der Waals surface area contributed by atoms with Gasteiger partial charge in [-0.15, -0.1) is 0 Å². The third-order valence-corrected chi connectivity index (χ3v) is 1.98. The zero-order valence-corrected chi connectivity index (χ0v) is 7.90. The Morgan fingerprint density at radius 2 is 2.20 bits per heavy atom. The van der Waals surface area contributed by atoms with Crippen LogP contribution < -0.4 is 11.1 Å². The lowest BCUT2D eigenvalue weighted by molar-refractivity contribution is -0.138. The van der Waals surface area contributed by atoms with Gasteiger partial charge in [0.1, 0.15) is 5.92 Å². The van der Waals surface area contributed by atoms with Gasteiger partial charge in [-0.1, -0.05) is 0 Å². The average molecular weight is 213 g/mol. The molecule has 0 saturated heterocycles. The lowest BCUT2D eigenvalue weighted by Gasteiger charge is -2.17. The Hall–Kier alpha value is -1.92. The summed E-state index contributed by atoms with van der Waals surface area (Å²) in [4.78, 5) is 36.1. The zero-order valence-electron chi connectivity index (χ0n) is 7.90. The van der Waals surface area contributed by atoms with Crippen molar-refractivity contribution in [1.29, 1.82) is 0 Å². The predicted octanol–water partition coefficient (Wildman–Crippen LogP) is -1.17. The summed E-state index contributed by atoms with van der Waals surface area (Å²) in [5, 5.41) is 10.6. The molecule has 0 aromatic heterocycles. The Morgan fingerprint density at radius 3 is 2.73 bits per heavy atom. The first-order valence-corrected chi connectivity index (χ1v) is 4.41. The third-order valence-electron chi connectivity index (χ3n) is 1.98. The van der Waals surface area contributed by atoms with E-state index in [0.717, 1.165) is 0 Å². The van der Waals surface area contributed by atoms with E-state index in [0.29, 0.717) is 0 Å². The maximum atomic E-state index is 11.3. The Labute approximate surface area is 85.4 Å². The van der Waals surface area contributed by atoms with Crippen molar-refractivity contribution >= 4 is 23.7 Å². The fourth-order valence-electron chi connectivity index (χ4n) is 1.26. The highest BCUT2D eigenvalue weighted by Crippen LogP contribution is 2.13. The van der Waals surface area contributed by atoms with Crippen molar-refractivity contribution in [3.05, 3.63) is 0 Å². The summed E-state index contributed by atoms with van der Waals surface area (Å²) in [5.41, 5.74) is 5.16. The molecule has 7 nitrogen and oxygen atoms in total. The standard InChI is InChI=1S/C8H11N3O4/c9-8-10-6(14)4(7(15)11-8)2-1-3-5(12)13/h4H,1-3H2,(H,12,13)(H3,9,10,11,14,15). The number of carbonyl (C=O) groups excluding carboxylic acids is 2. The van der Waals surface area contributed by atoms with Crippen molar-refractivity contribution < 1.29 is 19.5 Å². The summed E-state index contributed by atoms with van der Waals surface area (Å²) in [5.74, 6) is -3.20. The van der Waals surface area contributed by atoms with Crippen molar-refractivity contribution in [2.45, 2.75) is 19.3 Å². The number of aliphatic carboxylic acids is 1. The number of carboxylic acid groups (broad SMARTS) is 1. The van der Waals surface area contributed by atoms with Crippen LogP contribution in [0.3, 0.4) is 0 Å². The van der Waals surface area contributed by atoms with Gasteiger partial charge in [0.25, 0.3) is 5.91 Å². The van der Waals surface area contributed by atoms with Crippen LogP contribution in [0.25, 0.3) is 0 Å². The molecule has 1 rings (SSSR count). The minimum absolute atomic E-state index is 0.0732. The molecule has 82 valence electrons. The van der Waals surface area contributed by atoms with Crippen molar-refractivity contribution in [1.82, 2.24) is 5.32 Å². The van der Waals surface area contributed by atoms with Gasteiger partial charge in [0.2, 0.25) is 11.9 Å². The van der Waals surface area contributed by atoms with E-state index in [1.54, 1.807) is 0 Å². The van der Waals surface area contributed by atoms with E-state index in [1.807, 2.05) is 0 Å². The second-order valence-electron chi connectivity index (χ2n) is 3.16. The summed E-state index contributed by atoms with van der Waals surface area (Å²) in [7, 11) is 0. The van der Waals surface area contributed by atoms with Crippen molar-refractivity contribution in [2.24, 2.45) is 16.6 Å². The van der Waals surface area contributed by atoms with Gasteiger partial charge in [-0.25, -0.2) is 0 Å². The number of nitrogens with zero attached hydrogens (tertiary/aromatic N) is 1. The first-order chi connectivity index (χ1) is 7.00. The van der Waals surface area contributed by atoms with E-state index in [1.165, 1.54) is 0 Å². The Morgan fingerprint density at radius 1 is 1.53 bits per heavy atom. The van der Waals surface area contributed by atoms with Crippen molar-refractivity contribution in [3.63, 3.8) is 0 Å². The monoisotopic (exact) mass is 213 g/mol. The molecular weight excluding hydrogens is 202 g/mol. The van der Waals surface area contributed by atoms with Crippen molar-refractivity contribution in [2.75, 3.05) is 0 Å². The molecule has 1 aliphatic heterocycles. The van der Waals surface area contributed by atoms with Crippen LogP contribution in [0.1, 0.15) is 19.3 Å². The fraction of sp³-hybridized carbons (Fsp3) is 0.500. The van der Waals surface area contributed by atoms with Gasteiger partial charge < -0.3 is 10.8 Å². The highest BCUT2D eigenvalue weighted by atomic mass is 16.4. The molecule has 1 heterocycles. The maximum Gasteiger partial charge on any atom is 0.303 e. The topological polar surface area (TPSA) is 122 Å². The summed E-state index contributed by atoms with van der Waals surface area (Å²) < 4.78 is 0. The van der Waals surface area contributed by atoms with E-state index in [4.69, 9.17) is 10.8 Å². The van der Waals surface area contributed by atoms with E-state index >= 15 is 0 Å². The van der Waals surface area contributed by atoms with Crippen LogP contribution >= 0.6 is 0 Å². The molecule has 4 N–H and O–H groups in total. The molecule has 0 bridgehead atoms. The number of carbonyl (C=O) groups is 3. The molecule has 1 atom stereocenters. The van der Waals surface area contributed by atoms with Crippen LogP contribution in [-0.4, -0.2) is 28.8 Å². The van der Waals surface area contributed by atoms with Gasteiger partial charge in [0.15, 0.2) is 0 Å². The molecule has 0 radical (unpaired) electrons. The largest absolute Gasteiger partial charge is 0.481 e. The van der Waals surface area contributed by atoms with Crippen LogP contribution in [0, 0.1) is 5.92 Å². The second kappa shape index (κ2) is 4.54. The Bertz CT molecular complexity index is 337. The number of rotatable bonds is 4. The van der Waals surface area contributed by atoms with Crippen LogP contribution in [0.2, 0.25) is 0 Å². The SMILES string of the molecule is NC1=NC(=O)C(CCCC(=O)O)C(=O)N1. The summed E-state index contributed by atoms with van der Waals surface area (Å²) in [6, 6.07) is 0. The van der Waals surface area contributed by atoms with E-state index < -0.39 is 23.7 Å². The lowest BCUT2D eigenvalue weighted by Crippen LogP contribution is -2.47. The van der Waals surface area contributed by atoms with Gasteiger partial charge in [0.05, 0.1) is 0 Å². The Kier molecular flexibility index (Phi) is 3.37. The molecule has 0 aromatic carbocycles. The normalized spacial score (nSPS) is 20.8. The van der Waals surface area contributed by atoms with Gasteiger partial charge in [0, 0.05) is 6.42 Å². The molecule has 0 fully saturated rings. The lowest BCUT2D eigenvalue weighted by atomic mass is 9.99. The first-order valence-electron chi connectivity index (χ1n) is 4.41. The predicted molar refractivity (Wildman–Crippen MR) is 49.7 cm³/mol. The van der Waals surface area contributed by atoms with Crippen LogP contribution in [0.5, 0.6) is 0 Å². The molecule has 0 aromatic rings. The second-order valence-corrected chi connectivity index (χ2v) is 3.16. The number of aliphatic imine (C=N–C) groups is 1. The summed E-state index contributed by atoms with van der Waals surface area (Å²) in [6.07, 6.45) is 0.360. The van der Waals surface area contributed by atoms with Gasteiger partial charge in [-0.3, -0.25) is 19.7 Å². The number of guanidine groups is 1. The number of nitrogens with two attached hydrogens (primary N) is 1. The summed E-state index contributed by atoms with van der Waals surface area (Å²) in [6.45, 7) is 0. The van der Waals surface area contributed by atoms with Gasteiger partial charge >= 0.3 is 5.97 Å². The molecule has 1 unspecified atom stereocenters. The molecule has 0 spiro atoms. The number of amides is 2. The van der Waals surface area contributed by atoms with E-state index in [9.17, 15) is 14.4 Å². The smallest absolute Gasteiger partial charge is 0.303 e. The zero-order chi connectivity index (χ0) is 11.4. The number of nitrogens with one attached hydrogen (secondary N) is 1. The fourth-order valence-corrected chi connectivity index (χ4v) is 1.26. The third kappa shape index (κ3) is 3.04. The molecule has 0 aliphatic carbocycles. The maximum absolute atomic E-state index is 11.3. The van der Waals surface area contributed by atoms with E-state index in [-0.39, 0.29) is 25.2 Å². The molecule has 15 heavy (non-hydrogen) atoms. The van der Waals surface area contributed by atoms with Gasteiger partial charge in [-0.05, 0) is 12.8 Å². The molecular formula is C8H11N3O4. The Balaban J connectivity index is 2.51. The highest BCUT2D eigenvalue weighted by molar-refractivity contribution is 6.14. The minimum Gasteiger partial charge on any atom is -0.481 e. The number of hydrogen-bond donors (Lipinski definition) is 3. The minimum atomic E-state index is -0.957. The van der Waals surface area contributed by atoms with E-state index in [2.05, 4.69) is 10.3 Å². The number of hydrogen-bond acceptors (Lipinski definition) is 4. The average Bonchev–Trinajstić information content (AvgIpc) is 2.08. The quantitative estimate of drug-likeness (QED) is 0.508.